The van der Waals surface area contributed by atoms with Crippen LogP contribution in [0.3, 0.4) is 0 Å². The van der Waals surface area contributed by atoms with Crippen LogP contribution in [0.4, 0.5) is 0 Å². The number of rotatable bonds is 6. The Morgan fingerprint density at radius 2 is 1.65 bits per heavy atom. The van der Waals surface area contributed by atoms with Crippen LogP contribution in [0, 0.1) is 5.92 Å². The van der Waals surface area contributed by atoms with Crippen LogP contribution in [0.2, 0.25) is 5.02 Å². The number of Topliss-reactive ketones (excluding diaryl/α,β-unsaturated/α-hetero) is 1. The SMILES string of the molecule is C=C1NC2=C(C(=O)CC(c3ccc(Cl)cc3)C2)C(c2ccc(OCc3ccccc3)cc2)C1C(=O)OC. The molecular formula is C31H28ClNO4. The van der Waals surface area contributed by atoms with E-state index < -0.39 is 17.8 Å². The molecule has 1 heterocycles. The fourth-order valence-electron chi connectivity index (χ4n) is 5.30. The van der Waals surface area contributed by atoms with Gasteiger partial charge in [0.25, 0.3) is 0 Å². The molecule has 188 valence electrons. The lowest BCUT2D eigenvalue weighted by Gasteiger charge is -2.40. The Kier molecular flexibility index (Phi) is 7.15. The summed E-state index contributed by atoms with van der Waals surface area (Å²) in [7, 11) is 1.36. The molecule has 3 unspecified atom stereocenters. The van der Waals surface area contributed by atoms with Gasteiger partial charge in [0.05, 0.1) is 7.11 Å². The lowest BCUT2D eigenvalue weighted by atomic mass is 9.69. The minimum Gasteiger partial charge on any atom is -0.489 e. The predicted molar refractivity (Wildman–Crippen MR) is 143 cm³/mol. The molecule has 37 heavy (non-hydrogen) atoms. The third-order valence-electron chi connectivity index (χ3n) is 7.12. The smallest absolute Gasteiger partial charge is 0.315 e. The van der Waals surface area contributed by atoms with E-state index in [1.165, 1.54) is 7.11 Å². The molecular weight excluding hydrogens is 486 g/mol. The molecule has 0 saturated carbocycles. The number of carbonyl (C=O) groups excluding carboxylic acids is 2. The second-order valence-electron chi connectivity index (χ2n) is 9.44. The van der Waals surface area contributed by atoms with Gasteiger partial charge in [-0.25, -0.2) is 0 Å². The molecule has 0 bridgehead atoms. The van der Waals surface area contributed by atoms with Gasteiger partial charge in [0.1, 0.15) is 18.3 Å². The molecule has 1 aliphatic heterocycles. The van der Waals surface area contributed by atoms with Gasteiger partial charge in [-0.2, -0.15) is 0 Å². The lowest BCUT2D eigenvalue weighted by molar-refractivity contribution is -0.144. The molecule has 3 atom stereocenters. The number of ketones is 1. The molecule has 3 aromatic rings. The molecule has 0 amide bonds. The van der Waals surface area contributed by atoms with E-state index in [2.05, 4.69) is 11.9 Å². The third-order valence-corrected chi connectivity index (χ3v) is 7.38. The second kappa shape index (κ2) is 10.7. The van der Waals surface area contributed by atoms with E-state index in [0.717, 1.165) is 22.4 Å². The highest BCUT2D eigenvalue weighted by Crippen LogP contribution is 2.47. The zero-order chi connectivity index (χ0) is 25.9. The van der Waals surface area contributed by atoms with E-state index in [9.17, 15) is 9.59 Å². The molecule has 0 radical (unpaired) electrons. The number of methoxy groups -OCH3 is 1. The van der Waals surface area contributed by atoms with E-state index in [1.54, 1.807) is 0 Å². The average Bonchev–Trinajstić information content (AvgIpc) is 2.92. The minimum absolute atomic E-state index is 0.0181. The summed E-state index contributed by atoms with van der Waals surface area (Å²) in [5, 5.41) is 3.95. The Morgan fingerprint density at radius 1 is 0.973 bits per heavy atom. The van der Waals surface area contributed by atoms with E-state index >= 15 is 0 Å². The number of nitrogens with one attached hydrogen (secondary N) is 1. The fraction of sp³-hybridized carbons (Fsp3) is 0.226. The summed E-state index contributed by atoms with van der Waals surface area (Å²) in [5.74, 6) is -0.876. The van der Waals surface area contributed by atoms with Gasteiger partial charge >= 0.3 is 5.97 Å². The number of ether oxygens (including phenoxy) is 2. The summed E-state index contributed by atoms with van der Waals surface area (Å²) in [5.41, 5.74) is 4.95. The molecule has 5 nitrogen and oxygen atoms in total. The quantitative estimate of drug-likeness (QED) is 0.391. The van der Waals surface area contributed by atoms with Crippen molar-refractivity contribution in [2.45, 2.75) is 31.3 Å². The van der Waals surface area contributed by atoms with Crippen molar-refractivity contribution in [3.8, 4) is 5.75 Å². The number of halogens is 1. The van der Waals surface area contributed by atoms with E-state index in [4.69, 9.17) is 21.1 Å². The number of hydrogen-bond donors (Lipinski definition) is 1. The highest BCUT2D eigenvalue weighted by atomic mass is 35.5. The Morgan fingerprint density at radius 3 is 2.32 bits per heavy atom. The van der Waals surface area contributed by atoms with Crippen LogP contribution in [0.1, 0.15) is 41.4 Å². The Labute approximate surface area is 221 Å². The van der Waals surface area contributed by atoms with Crippen molar-refractivity contribution in [2.24, 2.45) is 5.92 Å². The summed E-state index contributed by atoms with van der Waals surface area (Å²) in [4.78, 5) is 26.5. The average molecular weight is 514 g/mol. The van der Waals surface area contributed by atoms with Crippen LogP contribution in [0.5, 0.6) is 5.75 Å². The van der Waals surface area contributed by atoms with Gasteiger partial charge in [0.2, 0.25) is 0 Å². The number of hydrogen-bond acceptors (Lipinski definition) is 5. The molecule has 5 rings (SSSR count). The number of benzene rings is 3. The zero-order valence-electron chi connectivity index (χ0n) is 20.6. The fourth-order valence-corrected chi connectivity index (χ4v) is 5.42. The van der Waals surface area contributed by atoms with Crippen molar-refractivity contribution < 1.29 is 19.1 Å². The maximum atomic E-state index is 13.6. The molecule has 6 heteroatoms. The first kappa shape index (κ1) is 24.8. The molecule has 0 fully saturated rings. The normalized spacial score (nSPS) is 21.2. The Bertz CT molecular complexity index is 1350. The Balaban J connectivity index is 1.46. The lowest BCUT2D eigenvalue weighted by Crippen LogP contribution is -2.42. The van der Waals surface area contributed by atoms with Crippen molar-refractivity contribution in [1.29, 1.82) is 0 Å². The van der Waals surface area contributed by atoms with Crippen molar-refractivity contribution in [1.82, 2.24) is 5.32 Å². The molecule has 0 aromatic heterocycles. The van der Waals surface area contributed by atoms with Crippen molar-refractivity contribution in [3.63, 3.8) is 0 Å². The molecule has 2 aliphatic rings. The van der Waals surface area contributed by atoms with E-state index in [1.807, 2.05) is 78.9 Å². The van der Waals surface area contributed by atoms with Crippen molar-refractivity contribution in [2.75, 3.05) is 7.11 Å². The first-order valence-electron chi connectivity index (χ1n) is 12.3. The highest BCUT2D eigenvalue weighted by molar-refractivity contribution is 6.30. The number of carbonyl (C=O) groups is 2. The van der Waals surface area contributed by atoms with Gasteiger partial charge in [-0.15, -0.1) is 0 Å². The van der Waals surface area contributed by atoms with E-state index in [0.29, 0.717) is 41.5 Å². The molecule has 0 spiro atoms. The van der Waals surface area contributed by atoms with Crippen molar-refractivity contribution in [3.05, 3.63) is 124 Å². The minimum atomic E-state index is -0.712. The largest absolute Gasteiger partial charge is 0.489 e. The van der Waals surface area contributed by atoms with Gasteiger partial charge in [-0.1, -0.05) is 72.8 Å². The summed E-state index contributed by atoms with van der Waals surface area (Å²) >= 11 is 6.06. The van der Waals surface area contributed by atoms with Crippen LogP contribution in [0.15, 0.2) is 102 Å². The standard InChI is InChI=1S/C31H28ClNO4/c1-19-28(31(35)36-2)29(22-10-14-25(15-11-22)37-18-20-6-4-3-5-7-20)30-26(33-19)16-23(17-27(30)34)21-8-12-24(32)13-9-21/h3-15,23,28-29,33H,1,16-18H2,2H3. The van der Waals surface area contributed by atoms with Gasteiger partial charge in [-0.3, -0.25) is 9.59 Å². The van der Waals surface area contributed by atoms with Crippen LogP contribution >= 0.6 is 11.6 Å². The predicted octanol–water partition coefficient (Wildman–Crippen LogP) is 6.31. The summed E-state index contributed by atoms with van der Waals surface area (Å²) in [6.45, 7) is 4.60. The van der Waals surface area contributed by atoms with Crippen molar-refractivity contribution >= 4 is 23.4 Å². The van der Waals surface area contributed by atoms with Gasteiger partial charge in [-0.05, 0) is 53.3 Å². The second-order valence-corrected chi connectivity index (χ2v) is 9.88. The monoisotopic (exact) mass is 513 g/mol. The van der Waals surface area contributed by atoms with E-state index in [-0.39, 0.29) is 11.7 Å². The molecule has 1 N–H and O–H groups in total. The number of esters is 1. The molecule has 1 aliphatic carbocycles. The van der Waals surface area contributed by atoms with Gasteiger partial charge < -0.3 is 14.8 Å². The third kappa shape index (κ3) is 5.18. The first-order chi connectivity index (χ1) is 17.9. The zero-order valence-corrected chi connectivity index (χ0v) is 21.3. The summed E-state index contributed by atoms with van der Waals surface area (Å²) in [6.07, 6.45) is 1.00. The maximum absolute atomic E-state index is 13.6. The van der Waals surface area contributed by atoms with Gasteiger partial charge in [0, 0.05) is 34.3 Å². The highest BCUT2D eigenvalue weighted by Gasteiger charge is 2.45. The van der Waals surface area contributed by atoms with Crippen LogP contribution in [-0.2, 0) is 20.9 Å². The van der Waals surface area contributed by atoms with Crippen LogP contribution in [-0.4, -0.2) is 18.9 Å². The molecule has 3 aromatic carbocycles. The first-order valence-corrected chi connectivity index (χ1v) is 12.6. The topological polar surface area (TPSA) is 64.6 Å². The molecule has 0 saturated heterocycles. The van der Waals surface area contributed by atoms with Crippen LogP contribution < -0.4 is 10.1 Å². The number of allylic oxidation sites excluding steroid dienone is 2. The Hall–Kier alpha value is -3.83. The summed E-state index contributed by atoms with van der Waals surface area (Å²) < 4.78 is 11.1. The summed E-state index contributed by atoms with van der Waals surface area (Å²) in [6, 6.07) is 25.1. The van der Waals surface area contributed by atoms with Gasteiger partial charge in [0.15, 0.2) is 5.78 Å². The van der Waals surface area contributed by atoms with Crippen LogP contribution in [0.25, 0.3) is 0 Å². The maximum Gasteiger partial charge on any atom is 0.315 e.